The first kappa shape index (κ1) is 32.8. The maximum absolute atomic E-state index is 13.3. The molecule has 0 aromatic heterocycles. The van der Waals surface area contributed by atoms with Gasteiger partial charge in [-0.1, -0.05) is 102 Å². The normalized spacial score (nSPS) is 12.6. The number of carbonyl (C=O) groups is 2. The fourth-order valence-electron chi connectivity index (χ4n) is 5.76. The Balaban J connectivity index is 1.37. The summed E-state index contributed by atoms with van der Waals surface area (Å²) in [5.74, 6) is -1.82. The Hall–Kier alpha value is -4.06. The third-order valence-electron chi connectivity index (χ3n) is 8.38. The zero-order valence-corrected chi connectivity index (χ0v) is 26.4. The number of phenolic OH excluding ortho intramolecular Hbond substituents is 2. The Kier molecular flexibility index (Phi) is 12.5. The van der Waals surface area contributed by atoms with Crippen molar-refractivity contribution >= 4 is 28.6 Å². The highest BCUT2D eigenvalue weighted by Gasteiger charge is 2.33. The minimum Gasteiger partial charge on any atom is -0.507 e. The van der Waals surface area contributed by atoms with Crippen LogP contribution in [0.4, 0.5) is 17.1 Å². The van der Waals surface area contributed by atoms with Crippen LogP contribution in [0.3, 0.4) is 0 Å². The van der Waals surface area contributed by atoms with E-state index in [2.05, 4.69) is 24.5 Å². The quantitative estimate of drug-likeness (QED) is 0.0663. The lowest BCUT2D eigenvalue weighted by atomic mass is 9.90. The number of hydrogen-bond donors (Lipinski definition) is 4. The molecule has 44 heavy (non-hydrogen) atoms. The van der Waals surface area contributed by atoms with Crippen molar-refractivity contribution in [2.75, 3.05) is 10.6 Å². The van der Waals surface area contributed by atoms with Crippen LogP contribution in [0.2, 0.25) is 0 Å². The van der Waals surface area contributed by atoms with Crippen LogP contribution in [0.5, 0.6) is 11.5 Å². The highest BCUT2D eigenvalue weighted by Crippen LogP contribution is 2.41. The third-order valence-corrected chi connectivity index (χ3v) is 8.38. The van der Waals surface area contributed by atoms with Gasteiger partial charge < -0.3 is 20.8 Å². The Bertz CT molecular complexity index is 1420. The van der Waals surface area contributed by atoms with Crippen LogP contribution >= 0.6 is 0 Å². The molecule has 6 heteroatoms. The van der Waals surface area contributed by atoms with Crippen molar-refractivity contribution in [3.05, 3.63) is 88.6 Å². The molecular weight excluding hydrogens is 548 g/mol. The number of phenols is 2. The van der Waals surface area contributed by atoms with Crippen molar-refractivity contribution < 1.29 is 19.8 Å². The van der Waals surface area contributed by atoms with Crippen LogP contribution in [0.25, 0.3) is 0 Å². The summed E-state index contributed by atoms with van der Waals surface area (Å²) in [7, 11) is 0. The molecule has 0 bridgehead atoms. The topological polar surface area (TPSA) is 98.7 Å². The van der Waals surface area contributed by atoms with E-state index >= 15 is 0 Å². The molecule has 0 heterocycles. The Morgan fingerprint density at radius 3 is 1.59 bits per heavy atom. The molecule has 3 aromatic carbocycles. The SMILES string of the molecule is CCCCCCCCc1ccc(NC2=CC(=O)c3c(O)c(Nc4ccc(CCCCCCCC)cc4)cc(O)c3C2=O)cc1. The number of carbonyl (C=O) groups excluding carboxylic acids is 2. The summed E-state index contributed by atoms with van der Waals surface area (Å²) < 4.78 is 0. The molecule has 1 aliphatic carbocycles. The standard InChI is InChI=1S/C38H48N2O4/c1-3-5-7-9-11-13-15-27-17-21-29(22-18-27)39-31-25-33(41)36-35(37(31)43)34(42)26-32(38(36)44)40-30-23-19-28(20-24-30)16-14-12-10-8-6-4-2/h17-26,39-41,43H,3-16H2,1-2H3. The van der Waals surface area contributed by atoms with Crippen molar-refractivity contribution in [1.29, 1.82) is 0 Å². The van der Waals surface area contributed by atoms with E-state index in [1.807, 2.05) is 48.5 Å². The minimum absolute atomic E-state index is 0.0579. The molecule has 0 spiro atoms. The number of anilines is 3. The van der Waals surface area contributed by atoms with Gasteiger partial charge in [0.2, 0.25) is 5.78 Å². The Morgan fingerprint density at radius 2 is 1.07 bits per heavy atom. The fourth-order valence-corrected chi connectivity index (χ4v) is 5.76. The molecule has 0 saturated heterocycles. The Labute approximate surface area is 262 Å². The maximum Gasteiger partial charge on any atom is 0.213 e. The van der Waals surface area contributed by atoms with E-state index in [0.717, 1.165) is 25.7 Å². The molecule has 0 atom stereocenters. The van der Waals surface area contributed by atoms with E-state index in [4.69, 9.17) is 0 Å². The maximum atomic E-state index is 13.3. The van der Waals surface area contributed by atoms with Crippen molar-refractivity contribution in [2.45, 2.75) is 104 Å². The van der Waals surface area contributed by atoms with Crippen molar-refractivity contribution in [1.82, 2.24) is 0 Å². The lowest BCUT2D eigenvalue weighted by Crippen LogP contribution is -2.22. The number of rotatable bonds is 18. The Morgan fingerprint density at radius 1 is 0.591 bits per heavy atom. The second-order valence-corrected chi connectivity index (χ2v) is 12.0. The van der Waals surface area contributed by atoms with E-state index in [1.54, 1.807) is 0 Å². The summed E-state index contributed by atoms with van der Waals surface area (Å²) in [4.78, 5) is 26.5. The predicted molar refractivity (Wildman–Crippen MR) is 180 cm³/mol. The number of Topliss-reactive ketones (excluding diaryl/α,β-unsaturated/α-hetero) is 1. The lowest BCUT2D eigenvalue weighted by molar-refractivity contribution is 0.0980. The van der Waals surface area contributed by atoms with E-state index in [-0.39, 0.29) is 34.0 Å². The van der Waals surface area contributed by atoms with Gasteiger partial charge in [0.05, 0.1) is 22.5 Å². The van der Waals surface area contributed by atoms with Crippen molar-refractivity contribution in [3.63, 3.8) is 0 Å². The highest BCUT2D eigenvalue weighted by atomic mass is 16.3. The zero-order valence-electron chi connectivity index (χ0n) is 26.4. The third kappa shape index (κ3) is 8.98. The van der Waals surface area contributed by atoms with Crippen LogP contribution in [0.15, 0.2) is 66.4 Å². The van der Waals surface area contributed by atoms with Crippen LogP contribution in [-0.2, 0) is 12.8 Å². The number of ketones is 2. The molecule has 0 radical (unpaired) electrons. The summed E-state index contributed by atoms with van der Waals surface area (Å²) in [5.41, 5.74) is 3.68. The van der Waals surface area contributed by atoms with Gasteiger partial charge in [0.25, 0.3) is 0 Å². The van der Waals surface area contributed by atoms with Gasteiger partial charge in [0.1, 0.15) is 5.75 Å². The monoisotopic (exact) mass is 596 g/mol. The van der Waals surface area contributed by atoms with Gasteiger partial charge >= 0.3 is 0 Å². The average Bonchev–Trinajstić information content (AvgIpc) is 3.02. The van der Waals surface area contributed by atoms with Gasteiger partial charge in [-0.2, -0.15) is 0 Å². The van der Waals surface area contributed by atoms with Crippen LogP contribution in [0.1, 0.15) is 123 Å². The molecule has 1 aliphatic rings. The summed E-state index contributed by atoms with van der Waals surface area (Å²) in [6.45, 7) is 4.44. The van der Waals surface area contributed by atoms with Gasteiger partial charge in [-0.05, 0) is 61.1 Å². The molecule has 4 N–H and O–H groups in total. The van der Waals surface area contributed by atoms with E-state index in [1.165, 1.54) is 87.5 Å². The van der Waals surface area contributed by atoms with Gasteiger partial charge in [0.15, 0.2) is 11.5 Å². The van der Waals surface area contributed by atoms with E-state index in [9.17, 15) is 19.8 Å². The lowest BCUT2D eigenvalue weighted by Gasteiger charge is -2.21. The smallest absolute Gasteiger partial charge is 0.213 e. The summed E-state index contributed by atoms with van der Waals surface area (Å²) in [6.07, 6.45) is 18.2. The largest absolute Gasteiger partial charge is 0.507 e. The second-order valence-electron chi connectivity index (χ2n) is 12.0. The highest BCUT2D eigenvalue weighted by molar-refractivity contribution is 6.28. The minimum atomic E-state index is -0.549. The number of nitrogens with one attached hydrogen (secondary N) is 2. The van der Waals surface area contributed by atoms with Crippen LogP contribution < -0.4 is 10.6 Å². The summed E-state index contributed by atoms with van der Waals surface area (Å²) in [5, 5.41) is 28.0. The summed E-state index contributed by atoms with van der Waals surface area (Å²) >= 11 is 0. The van der Waals surface area contributed by atoms with Gasteiger partial charge in [-0.15, -0.1) is 0 Å². The first-order valence-electron chi connectivity index (χ1n) is 16.5. The molecular formula is C38H48N2O4. The number of hydrogen-bond acceptors (Lipinski definition) is 6. The van der Waals surface area contributed by atoms with Crippen molar-refractivity contribution in [3.8, 4) is 11.5 Å². The number of unbranched alkanes of at least 4 members (excludes halogenated alkanes) is 10. The van der Waals surface area contributed by atoms with Gasteiger partial charge in [0, 0.05) is 23.5 Å². The second kappa shape index (κ2) is 16.7. The van der Waals surface area contributed by atoms with Crippen molar-refractivity contribution in [2.24, 2.45) is 0 Å². The molecule has 0 fully saturated rings. The molecule has 4 rings (SSSR count). The van der Waals surface area contributed by atoms with Crippen LogP contribution in [-0.4, -0.2) is 21.8 Å². The van der Waals surface area contributed by atoms with E-state index in [0.29, 0.717) is 11.4 Å². The first-order valence-corrected chi connectivity index (χ1v) is 16.5. The molecule has 6 nitrogen and oxygen atoms in total. The molecule has 0 amide bonds. The summed E-state index contributed by atoms with van der Waals surface area (Å²) in [6, 6.07) is 17.0. The zero-order chi connectivity index (χ0) is 31.3. The van der Waals surface area contributed by atoms with Crippen LogP contribution in [0, 0.1) is 0 Å². The molecule has 0 aliphatic heterocycles. The molecule has 3 aromatic rings. The number of allylic oxidation sites excluding steroid dienone is 2. The number of benzene rings is 3. The molecule has 0 unspecified atom stereocenters. The van der Waals surface area contributed by atoms with Gasteiger partial charge in [-0.3, -0.25) is 9.59 Å². The number of fused-ring (bicyclic) bond motifs is 1. The molecule has 0 saturated carbocycles. The molecule has 234 valence electrons. The van der Waals surface area contributed by atoms with Gasteiger partial charge in [-0.25, -0.2) is 0 Å². The van der Waals surface area contributed by atoms with E-state index < -0.39 is 11.6 Å². The number of aromatic hydroxyl groups is 2. The first-order chi connectivity index (χ1) is 21.4. The fraction of sp³-hybridized carbons (Fsp3) is 0.421. The predicted octanol–water partition coefficient (Wildman–Crippen LogP) is 10.0. The average molecular weight is 597 g/mol. The number of aryl methyl sites for hydroxylation is 2.